The molecule has 34 heavy (non-hydrogen) atoms. The van der Waals surface area contributed by atoms with Gasteiger partial charge in [-0.05, 0) is 65.4 Å². The molecule has 0 fully saturated rings. The van der Waals surface area contributed by atoms with Crippen LogP contribution in [0.2, 0.25) is 0 Å². The van der Waals surface area contributed by atoms with E-state index in [0.29, 0.717) is 17.2 Å². The molecule has 1 aliphatic carbocycles. The normalized spacial score (nSPS) is 18.1. The van der Waals surface area contributed by atoms with Crippen LogP contribution in [0.25, 0.3) is 11.1 Å². The third-order valence-electron chi connectivity index (χ3n) is 6.80. The number of methoxy groups -OCH3 is 3. The summed E-state index contributed by atoms with van der Waals surface area (Å²) in [6.45, 7) is 0.285. The zero-order valence-electron chi connectivity index (χ0n) is 19.3. The van der Waals surface area contributed by atoms with Crippen LogP contribution in [0.15, 0.2) is 42.5 Å². The van der Waals surface area contributed by atoms with Crippen LogP contribution in [-0.2, 0) is 22.4 Å². The van der Waals surface area contributed by atoms with Gasteiger partial charge in [-0.2, -0.15) is 0 Å². The SMILES string of the molecule is COC(=O)[C@H]1c2cc3c(cc2OC[C@@H]1c1ccc(O)c(OC)c1)CCc1cc(O)cc(OC)c1-3. The molecule has 2 N–H and O–H groups in total. The highest BCUT2D eigenvalue weighted by Crippen LogP contribution is 2.49. The second-order valence-electron chi connectivity index (χ2n) is 8.58. The fraction of sp³-hybridized carbons (Fsp3) is 0.296. The number of phenolic OH excluding ortho intramolecular Hbond substituents is 2. The zero-order valence-corrected chi connectivity index (χ0v) is 19.3. The number of benzene rings is 3. The predicted octanol–water partition coefficient (Wildman–Crippen LogP) is 4.31. The number of ether oxygens (including phenoxy) is 4. The van der Waals surface area contributed by atoms with Gasteiger partial charge in [-0.15, -0.1) is 0 Å². The minimum Gasteiger partial charge on any atom is -0.508 e. The molecule has 0 saturated heterocycles. The summed E-state index contributed by atoms with van der Waals surface area (Å²) in [6.07, 6.45) is 1.55. The fourth-order valence-corrected chi connectivity index (χ4v) is 5.16. The smallest absolute Gasteiger partial charge is 0.314 e. The highest BCUT2D eigenvalue weighted by molar-refractivity contribution is 5.85. The van der Waals surface area contributed by atoms with Crippen LogP contribution >= 0.6 is 0 Å². The van der Waals surface area contributed by atoms with Gasteiger partial charge in [-0.25, -0.2) is 0 Å². The van der Waals surface area contributed by atoms with Gasteiger partial charge in [0, 0.05) is 23.1 Å². The van der Waals surface area contributed by atoms with Crippen molar-refractivity contribution in [2.75, 3.05) is 27.9 Å². The van der Waals surface area contributed by atoms with Gasteiger partial charge in [0.1, 0.15) is 17.2 Å². The lowest BCUT2D eigenvalue weighted by Crippen LogP contribution is -2.31. The first-order valence-corrected chi connectivity index (χ1v) is 11.1. The summed E-state index contributed by atoms with van der Waals surface area (Å²) in [7, 11) is 4.44. The third kappa shape index (κ3) is 3.48. The number of carbonyl (C=O) groups is 1. The molecule has 0 unspecified atom stereocenters. The van der Waals surface area contributed by atoms with E-state index in [9.17, 15) is 15.0 Å². The van der Waals surface area contributed by atoms with E-state index in [1.807, 2.05) is 12.1 Å². The topological polar surface area (TPSA) is 94.5 Å². The maximum Gasteiger partial charge on any atom is 0.314 e. The summed E-state index contributed by atoms with van der Waals surface area (Å²) in [5.74, 6) is 0.456. The molecule has 0 spiro atoms. The molecule has 1 aliphatic heterocycles. The van der Waals surface area contributed by atoms with E-state index < -0.39 is 5.92 Å². The lowest BCUT2D eigenvalue weighted by atomic mass is 9.76. The minimum absolute atomic E-state index is 0.0269. The molecule has 0 aromatic heterocycles. The maximum atomic E-state index is 13.1. The molecule has 5 rings (SSSR count). The lowest BCUT2D eigenvalue weighted by Gasteiger charge is -2.34. The number of aryl methyl sites for hydroxylation is 2. The monoisotopic (exact) mass is 462 g/mol. The Morgan fingerprint density at radius 2 is 1.71 bits per heavy atom. The van der Waals surface area contributed by atoms with Gasteiger partial charge >= 0.3 is 5.97 Å². The molecular formula is C27H26O7. The quantitative estimate of drug-likeness (QED) is 0.558. The summed E-state index contributed by atoms with van der Waals surface area (Å²) in [4.78, 5) is 13.1. The lowest BCUT2D eigenvalue weighted by molar-refractivity contribution is -0.143. The number of esters is 1. The van der Waals surface area contributed by atoms with E-state index >= 15 is 0 Å². The second-order valence-corrected chi connectivity index (χ2v) is 8.58. The largest absolute Gasteiger partial charge is 0.508 e. The Kier molecular flexibility index (Phi) is 5.48. The van der Waals surface area contributed by atoms with Crippen LogP contribution in [0.5, 0.6) is 28.7 Å². The van der Waals surface area contributed by atoms with Crippen LogP contribution in [0.3, 0.4) is 0 Å². The van der Waals surface area contributed by atoms with E-state index in [-0.39, 0.29) is 30.0 Å². The summed E-state index contributed by atoms with van der Waals surface area (Å²) in [5.41, 5.74) is 5.51. The molecule has 7 heteroatoms. The molecule has 176 valence electrons. The number of carbonyl (C=O) groups excluding carboxylic acids is 1. The van der Waals surface area contributed by atoms with E-state index in [0.717, 1.165) is 46.2 Å². The third-order valence-corrected chi connectivity index (χ3v) is 6.80. The van der Waals surface area contributed by atoms with Gasteiger partial charge in [0.15, 0.2) is 11.5 Å². The van der Waals surface area contributed by atoms with Gasteiger partial charge in [0.25, 0.3) is 0 Å². The molecule has 0 amide bonds. The first kappa shape index (κ1) is 21.9. The van der Waals surface area contributed by atoms with Gasteiger partial charge in [-0.1, -0.05) is 6.07 Å². The van der Waals surface area contributed by atoms with Crippen LogP contribution in [-0.4, -0.2) is 44.1 Å². The molecule has 3 aromatic carbocycles. The molecule has 2 aliphatic rings. The highest BCUT2D eigenvalue weighted by Gasteiger charge is 2.39. The second kappa shape index (κ2) is 8.48. The Hall–Kier alpha value is -3.87. The zero-order chi connectivity index (χ0) is 24.0. The highest BCUT2D eigenvalue weighted by atomic mass is 16.5. The summed E-state index contributed by atoms with van der Waals surface area (Å²) >= 11 is 0. The van der Waals surface area contributed by atoms with E-state index in [1.54, 1.807) is 37.4 Å². The fourth-order valence-electron chi connectivity index (χ4n) is 5.16. The van der Waals surface area contributed by atoms with Crippen molar-refractivity contribution in [1.29, 1.82) is 0 Å². The Bertz CT molecular complexity index is 1260. The first-order valence-electron chi connectivity index (χ1n) is 11.1. The Morgan fingerprint density at radius 1 is 0.941 bits per heavy atom. The van der Waals surface area contributed by atoms with E-state index in [1.165, 1.54) is 14.2 Å². The molecule has 1 heterocycles. The van der Waals surface area contributed by atoms with Crippen molar-refractivity contribution >= 4 is 5.97 Å². The molecule has 3 aromatic rings. The average molecular weight is 462 g/mol. The van der Waals surface area contributed by atoms with Crippen molar-refractivity contribution in [2.24, 2.45) is 0 Å². The van der Waals surface area contributed by atoms with Crippen molar-refractivity contribution < 1.29 is 34.0 Å². The van der Waals surface area contributed by atoms with Crippen molar-refractivity contribution in [3.63, 3.8) is 0 Å². The average Bonchev–Trinajstić information content (AvgIpc) is 2.85. The maximum absolute atomic E-state index is 13.1. The van der Waals surface area contributed by atoms with Crippen molar-refractivity contribution in [1.82, 2.24) is 0 Å². The molecule has 0 bridgehead atoms. The van der Waals surface area contributed by atoms with Gasteiger partial charge in [0.05, 0.1) is 33.9 Å². The van der Waals surface area contributed by atoms with Gasteiger partial charge in [0.2, 0.25) is 0 Å². The standard InChI is InChI=1S/C27H26O7/c1-31-23-10-15(6-7-21(23)29)20-13-34-22-9-14-4-5-16-8-17(28)11-24(32-2)25(16)18(14)12-19(22)26(20)27(30)33-3/h6-12,20,26,28-29H,4-5,13H2,1-3H3/t20-,26+/m1/s1. The van der Waals surface area contributed by atoms with E-state index in [2.05, 4.69) is 0 Å². The number of aromatic hydroxyl groups is 2. The van der Waals surface area contributed by atoms with Crippen LogP contribution in [0, 0.1) is 0 Å². The Labute approximate surface area is 197 Å². The first-order chi connectivity index (χ1) is 16.4. The molecular weight excluding hydrogens is 436 g/mol. The number of hydrogen-bond donors (Lipinski definition) is 2. The molecule has 0 radical (unpaired) electrons. The number of phenols is 2. The van der Waals surface area contributed by atoms with E-state index in [4.69, 9.17) is 18.9 Å². The summed E-state index contributed by atoms with van der Waals surface area (Å²) in [6, 6.07) is 12.4. The predicted molar refractivity (Wildman–Crippen MR) is 125 cm³/mol. The Morgan fingerprint density at radius 3 is 2.44 bits per heavy atom. The van der Waals surface area contributed by atoms with Crippen molar-refractivity contribution in [2.45, 2.75) is 24.7 Å². The summed E-state index contributed by atoms with van der Waals surface area (Å²) < 4.78 is 22.3. The number of hydrogen-bond acceptors (Lipinski definition) is 7. The minimum atomic E-state index is -0.609. The molecule has 7 nitrogen and oxygen atoms in total. The molecule has 0 saturated carbocycles. The van der Waals surface area contributed by atoms with Crippen LogP contribution < -0.4 is 14.2 Å². The van der Waals surface area contributed by atoms with Gasteiger partial charge < -0.3 is 29.2 Å². The Balaban J connectivity index is 1.67. The van der Waals surface area contributed by atoms with Crippen molar-refractivity contribution in [3.05, 3.63) is 64.7 Å². The number of rotatable bonds is 4. The van der Waals surface area contributed by atoms with Crippen molar-refractivity contribution in [3.8, 4) is 39.9 Å². The number of fused-ring (bicyclic) bond motifs is 4. The molecule has 2 atom stereocenters. The summed E-state index contributed by atoms with van der Waals surface area (Å²) in [5, 5.41) is 20.1. The van der Waals surface area contributed by atoms with Gasteiger partial charge in [-0.3, -0.25) is 4.79 Å². The van der Waals surface area contributed by atoms with Crippen LogP contribution in [0.1, 0.15) is 34.1 Å². The van der Waals surface area contributed by atoms with Crippen LogP contribution in [0.4, 0.5) is 0 Å².